The third-order valence-corrected chi connectivity index (χ3v) is 2.95. The Morgan fingerprint density at radius 2 is 1.94 bits per heavy atom. The first-order valence-corrected chi connectivity index (χ1v) is 6.07. The molecule has 1 atom stereocenters. The maximum atomic E-state index is 5.88. The molecule has 0 spiro atoms. The predicted octanol–water partition coefficient (Wildman–Crippen LogP) is 2.87. The molecule has 90 valence electrons. The zero-order valence-corrected chi connectivity index (χ0v) is 10.8. The van der Waals surface area contributed by atoms with E-state index in [0.29, 0.717) is 12.0 Å². The van der Waals surface area contributed by atoms with Crippen molar-refractivity contribution in [3.8, 4) is 5.75 Å². The lowest BCUT2D eigenvalue weighted by Crippen LogP contribution is -2.36. The second kappa shape index (κ2) is 6.54. The van der Waals surface area contributed by atoms with Gasteiger partial charge in [0.15, 0.2) is 0 Å². The van der Waals surface area contributed by atoms with E-state index in [2.05, 4.69) is 38.2 Å². The number of nitrogens with one attached hydrogen (secondary N) is 1. The average Bonchev–Trinajstić information content (AvgIpc) is 2.30. The van der Waals surface area contributed by atoms with Crippen LogP contribution in [0.1, 0.15) is 26.3 Å². The Bertz CT molecular complexity index is 309. The van der Waals surface area contributed by atoms with Crippen molar-refractivity contribution in [2.24, 2.45) is 5.92 Å². The molecule has 1 aromatic rings. The van der Waals surface area contributed by atoms with E-state index in [9.17, 15) is 0 Å². The Balaban J connectivity index is 2.59. The van der Waals surface area contributed by atoms with Crippen LogP contribution in [0.5, 0.6) is 5.75 Å². The molecule has 0 heterocycles. The van der Waals surface area contributed by atoms with Crippen LogP contribution in [0.25, 0.3) is 0 Å². The summed E-state index contributed by atoms with van der Waals surface area (Å²) >= 11 is 0. The van der Waals surface area contributed by atoms with Crippen molar-refractivity contribution in [3.05, 3.63) is 29.8 Å². The van der Waals surface area contributed by atoms with Gasteiger partial charge in [0, 0.05) is 6.04 Å². The Morgan fingerprint density at radius 3 is 2.50 bits per heavy atom. The van der Waals surface area contributed by atoms with Gasteiger partial charge in [-0.15, -0.1) is 0 Å². The molecule has 2 heteroatoms. The molecule has 2 nitrogen and oxygen atoms in total. The summed E-state index contributed by atoms with van der Waals surface area (Å²) in [5.74, 6) is 1.60. The zero-order chi connectivity index (χ0) is 12.0. The molecule has 0 amide bonds. The molecule has 0 fully saturated rings. The molecule has 0 aromatic heterocycles. The number of rotatable bonds is 6. The van der Waals surface area contributed by atoms with Crippen LogP contribution in [-0.4, -0.2) is 19.7 Å². The molecule has 1 N–H and O–H groups in total. The van der Waals surface area contributed by atoms with Gasteiger partial charge in [0.1, 0.15) is 12.4 Å². The van der Waals surface area contributed by atoms with Crippen LogP contribution in [-0.2, 0) is 6.42 Å². The van der Waals surface area contributed by atoms with E-state index in [-0.39, 0.29) is 0 Å². The number of para-hydroxylation sites is 1. The van der Waals surface area contributed by atoms with Gasteiger partial charge in [0.2, 0.25) is 0 Å². The molecule has 0 aliphatic rings. The molecule has 1 aromatic carbocycles. The van der Waals surface area contributed by atoms with Crippen LogP contribution in [0, 0.1) is 5.92 Å². The molecule has 0 radical (unpaired) electrons. The Kier molecular flexibility index (Phi) is 5.33. The van der Waals surface area contributed by atoms with E-state index >= 15 is 0 Å². The molecule has 0 saturated heterocycles. The quantitative estimate of drug-likeness (QED) is 0.797. The Labute approximate surface area is 99.0 Å². The van der Waals surface area contributed by atoms with Crippen LogP contribution in [0.2, 0.25) is 0 Å². The summed E-state index contributed by atoms with van der Waals surface area (Å²) in [7, 11) is 1.99. The lowest BCUT2D eigenvalue weighted by molar-refractivity contribution is 0.236. The molecular formula is C14H23NO. The summed E-state index contributed by atoms with van der Waals surface area (Å²) in [4.78, 5) is 0. The minimum absolute atomic E-state index is 0.407. The highest BCUT2D eigenvalue weighted by atomic mass is 16.5. The van der Waals surface area contributed by atoms with E-state index in [4.69, 9.17) is 4.74 Å². The molecule has 0 aliphatic heterocycles. The highest BCUT2D eigenvalue weighted by Crippen LogP contribution is 2.18. The van der Waals surface area contributed by atoms with Crippen molar-refractivity contribution in [2.75, 3.05) is 13.7 Å². The van der Waals surface area contributed by atoms with Gasteiger partial charge >= 0.3 is 0 Å². The maximum absolute atomic E-state index is 5.88. The number of hydrogen-bond donors (Lipinski definition) is 1. The average molecular weight is 221 g/mol. The summed E-state index contributed by atoms with van der Waals surface area (Å²) in [5, 5.41) is 3.28. The number of aryl methyl sites for hydroxylation is 1. The largest absolute Gasteiger partial charge is 0.492 e. The lowest BCUT2D eigenvalue weighted by atomic mass is 10.1. The topological polar surface area (TPSA) is 21.3 Å². The first kappa shape index (κ1) is 13.0. The van der Waals surface area contributed by atoms with Gasteiger partial charge in [-0.05, 0) is 31.0 Å². The first-order valence-electron chi connectivity index (χ1n) is 6.07. The van der Waals surface area contributed by atoms with Crippen molar-refractivity contribution in [1.29, 1.82) is 0 Å². The summed E-state index contributed by atoms with van der Waals surface area (Å²) < 4.78 is 5.88. The van der Waals surface area contributed by atoms with Gasteiger partial charge in [-0.25, -0.2) is 0 Å². The van der Waals surface area contributed by atoms with Gasteiger partial charge in [-0.2, -0.15) is 0 Å². The molecule has 1 unspecified atom stereocenters. The van der Waals surface area contributed by atoms with E-state index in [1.165, 1.54) is 5.56 Å². The van der Waals surface area contributed by atoms with Crippen LogP contribution >= 0.6 is 0 Å². The SMILES string of the molecule is CCc1ccccc1OCC(NC)C(C)C. The van der Waals surface area contributed by atoms with Crippen LogP contribution in [0.3, 0.4) is 0 Å². The molecule has 0 aliphatic carbocycles. The molecule has 1 rings (SSSR count). The third kappa shape index (κ3) is 3.53. The second-order valence-corrected chi connectivity index (χ2v) is 4.41. The van der Waals surface area contributed by atoms with Crippen LogP contribution < -0.4 is 10.1 Å². The molecule has 16 heavy (non-hydrogen) atoms. The van der Waals surface area contributed by atoms with E-state index in [0.717, 1.165) is 18.8 Å². The fourth-order valence-electron chi connectivity index (χ4n) is 1.73. The number of hydrogen-bond acceptors (Lipinski definition) is 2. The molecular weight excluding hydrogens is 198 g/mol. The monoisotopic (exact) mass is 221 g/mol. The van der Waals surface area contributed by atoms with Crippen molar-refractivity contribution >= 4 is 0 Å². The van der Waals surface area contributed by atoms with Gasteiger partial charge in [-0.1, -0.05) is 39.0 Å². The number of ether oxygens (including phenoxy) is 1. The van der Waals surface area contributed by atoms with Crippen LogP contribution in [0.4, 0.5) is 0 Å². The van der Waals surface area contributed by atoms with Crippen molar-refractivity contribution < 1.29 is 4.74 Å². The van der Waals surface area contributed by atoms with Crippen molar-refractivity contribution in [1.82, 2.24) is 5.32 Å². The van der Waals surface area contributed by atoms with Crippen LogP contribution in [0.15, 0.2) is 24.3 Å². The van der Waals surface area contributed by atoms with Crippen molar-refractivity contribution in [2.45, 2.75) is 33.2 Å². The smallest absolute Gasteiger partial charge is 0.122 e. The predicted molar refractivity (Wildman–Crippen MR) is 69.0 cm³/mol. The summed E-state index contributed by atoms with van der Waals surface area (Å²) in [5.41, 5.74) is 1.28. The molecule has 0 bridgehead atoms. The minimum atomic E-state index is 0.407. The standard InChI is InChI=1S/C14H23NO/c1-5-12-8-6-7-9-14(12)16-10-13(15-4)11(2)3/h6-9,11,13,15H,5,10H2,1-4H3. The highest BCUT2D eigenvalue weighted by molar-refractivity contribution is 5.33. The Morgan fingerprint density at radius 1 is 1.25 bits per heavy atom. The highest BCUT2D eigenvalue weighted by Gasteiger charge is 2.12. The maximum Gasteiger partial charge on any atom is 0.122 e. The lowest BCUT2D eigenvalue weighted by Gasteiger charge is -2.21. The fraction of sp³-hybridized carbons (Fsp3) is 0.571. The van der Waals surface area contributed by atoms with E-state index in [1.807, 2.05) is 19.2 Å². The summed E-state index contributed by atoms with van der Waals surface area (Å²) in [6.07, 6.45) is 1.02. The zero-order valence-electron chi connectivity index (χ0n) is 10.8. The molecule has 0 saturated carbocycles. The normalized spacial score (nSPS) is 12.8. The van der Waals surface area contributed by atoms with E-state index in [1.54, 1.807) is 0 Å². The van der Waals surface area contributed by atoms with Gasteiger partial charge in [0.25, 0.3) is 0 Å². The first-order chi connectivity index (χ1) is 7.69. The summed E-state index contributed by atoms with van der Waals surface area (Å²) in [6.45, 7) is 7.29. The van der Waals surface area contributed by atoms with Gasteiger partial charge in [0.05, 0.1) is 0 Å². The number of likely N-dealkylation sites (N-methyl/N-ethyl adjacent to an activating group) is 1. The number of benzene rings is 1. The van der Waals surface area contributed by atoms with Crippen molar-refractivity contribution in [3.63, 3.8) is 0 Å². The minimum Gasteiger partial charge on any atom is -0.492 e. The van der Waals surface area contributed by atoms with E-state index < -0.39 is 0 Å². The van der Waals surface area contributed by atoms with Gasteiger partial charge < -0.3 is 10.1 Å². The summed E-state index contributed by atoms with van der Waals surface area (Å²) in [6, 6.07) is 8.66. The van der Waals surface area contributed by atoms with Gasteiger partial charge in [-0.3, -0.25) is 0 Å². The fourth-order valence-corrected chi connectivity index (χ4v) is 1.73. The second-order valence-electron chi connectivity index (χ2n) is 4.41. The Hall–Kier alpha value is -1.02. The third-order valence-electron chi connectivity index (χ3n) is 2.95.